The van der Waals surface area contributed by atoms with E-state index in [9.17, 15) is 14.0 Å². The number of rotatable bonds is 7. The van der Waals surface area contributed by atoms with E-state index >= 15 is 0 Å². The monoisotopic (exact) mass is 460 g/mol. The zero-order chi connectivity index (χ0) is 23.5. The Labute approximate surface area is 194 Å². The van der Waals surface area contributed by atoms with Gasteiger partial charge in [-0.05, 0) is 49.1 Å². The summed E-state index contributed by atoms with van der Waals surface area (Å²) in [5.41, 5.74) is 2.41. The molecule has 2 aromatic heterocycles. The summed E-state index contributed by atoms with van der Waals surface area (Å²) in [6.07, 6.45) is 4.87. The van der Waals surface area contributed by atoms with Crippen LogP contribution in [0.5, 0.6) is 11.8 Å². The van der Waals surface area contributed by atoms with Crippen LogP contribution in [0.4, 0.5) is 4.39 Å². The summed E-state index contributed by atoms with van der Waals surface area (Å²) in [5, 5.41) is 0. The van der Waals surface area contributed by atoms with Crippen LogP contribution in [0, 0.1) is 5.82 Å². The molecule has 1 aliphatic rings. The second kappa shape index (κ2) is 9.38. The van der Waals surface area contributed by atoms with Crippen LogP contribution in [0.15, 0.2) is 59.1 Å². The molecule has 1 fully saturated rings. The van der Waals surface area contributed by atoms with E-state index in [1.54, 1.807) is 17.0 Å². The maximum atomic E-state index is 13.8. The van der Waals surface area contributed by atoms with Crippen LogP contribution in [0.25, 0.3) is 22.7 Å². The van der Waals surface area contributed by atoms with E-state index in [1.807, 2.05) is 24.3 Å². The number of hydrogen-bond donors (Lipinski definition) is 0. The Morgan fingerprint density at radius 3 is 2.79 bits per heavy atom. The second-order valence-corrected chi connectivity index (χ2v) is 8.02. The highest BCUT2D eigenvalue weighted by Gasteiger charge is 2.27. The van der Waals surface area contributed by atoms with Gasteiger partial charge < -0.3 is 18.8 Å². The van der Waals surface area contributed by atoms with Crippen molar-refractivity contribution in [1.29, 1.82) is 0 Å². The molecule has 3 heterocycles. The zero-order valence-corrected chi connectivity index (χ0v) is 18.2. The molecule has 9 heteroatoms. The number of halogens is 1. The first-order chi connectivity index (χ1) is 16.6. The van der Waals surface area contributed by atoms with Crippen molar-refractivity contribution in [2.24, 2.45) is 0 Å². The number of para-hydroxylation sites is 1. The zero-order valence-electron chi connectivity index (χ0n) is 18.2. The van der Waals surface area contributed by atoms with E-state index in [0.29, 0.717) is 30.8 Å². The minimum atomic E-state index is -0.518. The normalized spacial score (nSPS) is 15.6. The quantitative estimate of drug-likeness (QED) is 0.378. The van der Waals surface area contributed by atoms with Crippen LogP contribution in [0.1, 0.15) is 24.8 Å². The highest BCUT2D eigenvalue weighted by Crippen LogP contribution is 2.27. The van der Waals surface area contributed by atoms with Crippen molar-refractivity contribution in [3.8, 4) is 23.2 Å². The van der Waals surface area contributed by atoms with Gasteiger partial charge in [-0.25, -0.2) is 14.4 Å². The van der Waals surface area contributed by atoms with Crippen molar-refractivity contribution in [1.82, 2.24) is 19.9 Å². The lowest BCUT2D eigenvalue weighted by Crippen LogP contribution is -2.36. The average Bonchev–Trinajstić information content (AvgIpc) is 3.51. The molecule has 1 aliphatic heterocycles. The Hall–Kier alpha value is -4.14. The van der Waals surface area contributed by atoms with E-state index in [0.717, 1.165) is 30.3 Å². The summed E-state index contributed by atoms with van der Waals surface area (Å²) >= 11 is 0. The molecule has 8 nitrogen and oxygen atoms in total. The first kappa shape index (κ1) is 21.7. The number of aryl methyl sites for hydroxylation is 1. The Morgan fingerprint density at radius 2 is 2.00 bits per heavy atom. The van der Waals surface area contributed by atoms with Crippen molar-refractivity contribution in [3.63, 3.8) is 0 Å². The van der Waals surface area contributed by atoms with Gasteiger partial charge in [0.15, 0.2) is 11.6 Å². The largest absolute Gasteiger partial charge is 0.421 e. The fourth-order valence-electron chi connectivity index (χ4n) is 3.97. The first-order valence-corrected chi connectivity index (χ1v) is 11.0. The molecule has 0 unspecified atom stereocenters. The third-order valence-corrected chi connectivity index (χ3v) is 5.77. The molecule has 5 rings (SSSR count). The fourth-order valence-corrected chi connectivity index (χ4v) is 3.97. The number of benzene rings is 2. The van der Waals surface area contributed by atoms with Crippen molar-refractivity contribution < 1.29 is 23.1 Å². The second-order valence-electron chi connectivity index (χ2n) is 8.02. The minimum absolute atomic E-state index is 0.00427. The van der Waals surface area contributed by atoms with Gasteiger partial charge >= 0.3 is 6.01 Å². The first-order valence-electron chi connectivity index (χ1n) is 11.0. The van der Waals surface area contributed by atoms with E-state index in [4.69, 9.17) is 9.15 Å². The number of aromatic nitrogens is 3. The number of ether oxygens (including phenoxy) is 1. The van der Waals surface area contributed by atoms with Crippen molar-refractivity contribution >= 4 is 23.4 Å². The van der Waals surface area contributed by atoms with E-state index in [1.165, 1.54) is 18.3 Å². The van der Waals surface area contributed by atoms with Gasteiger partial charge in [-0.2, -0.15) is 4.98 Å². The highest BCUT2D eigenvalue weighted by molar-refractivity contribution is 5.80. The van der Waals surface area contributed by atoms with Crippen LogP contribution >= 0.6 is 0 Å². The summed E-state index contributed by atoms with van der Waals surface area (Å²) in [5.74, 6) is -0.136. The Balaban J connectivity index is 1.26. The average molecular weight is 460 g/mol. The molecule has 0 N–H and O–H groups in total. The van der Waals surface area contributed by atoms with Crippen molar-refractivity contribution in [2.75, 3.05) is 6.54 Å². The molecule has 2 aromatic carbocycles. The molecule has 1 saturated heterocycles. The van der Waals surface area contributed by atoms with Crippen LogP contribution in [0.2, 0.25) is 0 Å². The maximum absolute atomic E-state index is 13.8. The third-order valence-electron chi connectivity index (χ3n) is 5.77. The molecule has 172 valence electrons. The number of likely N-dealkylation sites (tertiary alicyclic amines) is 1. The molecule has 1 amide bonds. The molecule has 34 heavy (non-hydrogen) atoms. The maximum Gasteiger partial charge on any atom is 0.325 e. The van der Waals surface area contributed by atoms with Crippen molar-refractivity contribution in [3.05, 3.63) is 66.1 Å². The summed E-state index contributed by atoms with van der Waals surface area (Å²) in [6.45, 7) is 0.648. The Bertz CT molecular complexity index is 1340. The number of carbonyl (C=O) groups is 2. The molecule has 0 spiro atoms. The molecule has 0 saturated carbocycles. The predicted molar refractivity (Wildman–Crippen MR) is 121 cm³/mol. The Morgan fingerprint density at radius 1 is 1.18 bits per heavy atom. The van der Waals surface area contributed by atoms with Crippen LogP contribution < -0.4 is 4.74 Å². The van der Waals surface area contributed by atoms with Gasteiger partial charge in [0, 0.05) is 18.5 Å². The van der Waals surface area contributed by atoms with Gasteiger partial charge in [0.25, 0.3) is 5.71 Å². The van der Waals surface area contributed by atoms with Gasteiger partial charge in [0.1, 0.15) is 11.8 Å². The number of carbonyl (C=O) groups excluding carboxylic acids is 2. The minimum Gasteiger partial charge on any atom is -0.421 e. The standard InChI is InChI=1S/C25H21FN4O4/c26-19-5-1-2-6-21(19)33-25-27-14-20-24(29-25)34-23(28-20)17-10-7-16(8-11-17)9-12-22(32)30-13-3-4-18(30)15-31/h1-2,5-8,10-11,14-15,18H,3-4,9,12-13H2/t18-/m0/s1. The van der Waals surface area contributed by atoms with Crippen LogP contribution in [-0.2, 0) is 16.0 Å². The molecule has 0 radical (unpaired) electrons. The lowest BCUT2D eigenvalue weighted by Gasteiger charge is -2.20. The predicted octanol–water partition coefficient (Wildman–Crippen LogP) is 4.34. The van der Waals surface area contributed by atoms with E-state index in [2.05, 4.69) is 15.0 Å². The van der Waals surface area contributed by atoms with Gasteiger partial charge in [0.2, 0.25) is 11.8 Å². The number of aldehydes is 1. The van der Waals surface area contributed by atoms with Crippen molar-refractivity contribution in [2.45, 2.75) is 31.7 Å². The summed E-state index contributed by atoms with van der Waals surface area (Å²) in [6, 6.07) is 13.2. The number of oxazole rings is 1. The van der Waals surface area contributed by atoms with Gasteiger partial charge in [-0.15, -0.1) is 0 Å². The molecule has 0 aliphatic carbocycles. The summed E-state index contributed by atoms with van der Waals surface area (Å²) in [7, 11) is 0. The molecule has 4 aromatic rings. The van der Waals surface area contributed by atoms with E-state index < -0.39 is 5.82 Å². The lowest BCUT2D eigenvalue weighted by atomic mass is 10.1. The number of hydrogen-bond acceptors (Lipinski definition) is 7. The number of nitrogens with zero attached hydrogens (tertiary/aromatic N) is 4. The molecule has 0 bridgehead atoms. The SMILES string of the molecule is O=C[C@@H]1CCCN1C(=O)CCc1ccc(-c2nc3cnc(Oc4ccccc4F)nc3o2)cc1. The number of amides is 1. The van der Waals surface area contributed by atoms with Crippen LogP contribution in [-0.4, -0.2) is 44.6 Å². The molecule has 1 atom stereocenters. The van der Waals surface area contributed by atoms with Crippen LogP contribution in [0.3, 0.4) is 0 Å². The highest BCUT2D eigenvalue weighted by atomic mass is 19.1. The summed E-state index contributed by atoms with van der Waals surface area (Å²) in [4.78, 5) is 37.9. The third kappa shape index (κ3) is 4.50. The fraction of sp³-hybridized carbons (Fsp3) is 0.240. The van der Waals surface area contributed by atoms with E-state index in [-0.39, 0.29) is 29.4 Å². The summed E-state index contributed by atoms with van der Waals surface area (Å²) < 4.78 is 25.0. The number of fused-ring (bicyclic) bond motifs is 1. The Kier molecular flexibility index (Phi) is 5.99. The molecular formula is C25H21FN4O4. The van der Waals surface area contributed by atoms with Gasteiger partial charge in [-0.3, -0.25) is 4.79 Å². The lowest BCUT2D eigenvalue weighted by molar-refractivity contribution is -0.134. The molecular weight excluding hydrogens is 439 g/mol. The topological polar surface area (TPSA) is 98.4 Å². The van der Waals surface area contributed by atoms with Gasteiger partial charge in [0.05, 0.1) is 12.2 Å². The van der Waals surface area contributed by atoms with Gasteiger partial charge in [-0.1, -0.05) is 24.3 Å². The smallest absolute Gasteiger partial charge is 0.325 e.